The van der Waals surface area contributed by atoms with Gasteiger partial charge in [0, 0.05) is 5.41 Å². The molecule has 0 saturated heterocycles. The van der Waals surface area contributed by atoms with Gasteiger partial charge in [0.2, 0.25) is 0 Å². The van der Waals surface area contributed by atoms with Gasteiger partial charge in [0.05, 0.1) is 10.7 Å². The van der Waals surface area contributed by atoms with Crippen LogP contribution in [0.4, 0.5) is 0 Å². The van der Waals surface area contributed by atoms with Crippen molar-refractivity contribution >= 4 is 15.9 Å². The van der Waals surface area contributed by atoms with E-state index >= 15 is 0 Å². The predicted octanol–water partition coefficient (Wildman–Crippen LogP) is 4.83. The fourth-order valence-corrected chi connectivity index (χ4v) is 3.14. The zero-order valence-corrected chi connectivity index (χ0v) is 12.9. The molecule has 1 aromatic carbocycles. The summed E-state index contributed by atoms with van der Waals surface area (Å²) in [5.41, 5.74) is 0.831. The van der Waals surface area contributed by atoms with Crippen molar-refractivity contribution in [2.24, 2.45) is 0 Å². The molecule has 0 saturated carbocycles. The van der Waals surface area contributed by atoms with E-state index < -0.39 is 6.10 Å². The molecule has 2 rings (SSSR count). The van der Waals surface area contributed by atoms with Gasteiger partial charge in [0.15, 0.2) is 0 Å². The summed E-state index contributed by atoms with van der Waals surface area (Å²) in [6, 6.07) is 12.0. The minimum absolute atomic E-state index is 0.318. The molecule has 19 heavy (non-hydrogen) atoms. The number of benzene rings is 1. The van der Waals surface area contributed by atoms with Crippen LogP contribution in [-0.2, 0) is 5.41 Å². The second-order valence-electron chi connectivity index (χ2n) is 4.76. The lowest BCUT2D eigenvalue weighted by atomic mass is 9.71. The van der Waals surface area contributed by atoms with Crippen LogP contribution >= 0.6 is 15.9 Å². The molecule has 1 N–H and O–H groups in total. The molecule has 0 aliphatic carbocycles. The minimum Gasteiger partial charge on any atom is -0.465 e. The highest BCUT2D eigenvalue weighted by atomic mass is 79.9. The molecule has 0 fully saturated rings. The number of hydrogen-bond donors (Lipinski definition) is 1. The summed E-state index contributed by atoms with van der Waals surface area (Å²) < 4.78 is 6.28. The average Bonchev–Trinajstić information content (AvgIpc) is 2.88. The molecule has 3 heteroatoms. The zero-order chi connectivity index (χ0) is 13.9. The molecule has 1 unspecified atom stereocenters. The van der Waals surface area contributed by atoms with Crippen LogP contribution in [0.3, 0.4) is 0 Å². The predicted molar refractivity (Wildman–Crippen MR) is 80.1 cm³/mol. The molecule has 1 aromatic heterocycles. The third-order valence-corrected chi connectivity index (χ3v) is 4.68. The molecular formula is C16H19BrO2. The van der Waals surface area contributed by atoms with Crippen molar-refractivity contribution in [2.45, 2.75) is 38.2 Å². The smallest absolute Gasteiger partial charge is 0.147 e. The molecule has 1 heterocycles. The third kappa shape index (κ3) is 2.49. The number of halogens is 1. The van der Waals surface area contributed by atoms with Crippen molar-refractivity contribution in [3.05, 3.63) is 58.5 Å². The summed E-state index contributed by atoms with van der Waals surface area (Å²) in [6.45, 7) is 4.22. The second-order valence-corrected chi connectivity index (χ2v) is 5.62. The Morgan fingerprint density at radius 2 is 1.79 bits per heavy atom. The van der Waals surface area contributed by atoms with Gasteiger partial charge in [0.1, 0.15) is 11.9 Å². The molecule has 102 valence electrons. The fraction of sp³-hybridized carbons (Fsp3) is 0.375. The Morgan fingerprint density at radius 1 is 1.16 bits per heavy atom. The molecule has 0 radical (unpaired) electrons. The lowest BCUT2D eigenvalue weighted by Crippen LogP contribution is -2.32. The van der Waals surface area contributed by atoms with Gasteiger partial charge in [-0.25, -0.2) is 0 Å². The Labute approximate surface area is 122 Å². The van der Waals surface area contributed by atoms with Crippen molar-refractivity contribution in [3.8, 4) is 0 Å². The lowest BCUT2D eigenvalue weighted by Gasteiger charge is -2.36. The van der Waals surface area contributed by atoms with Crippen molar-refractivity contribution in [1.29, 1.82) is 0 Å². The van der Waals surface area contributed by atoms with Gasteiger partial charge in [-0.05, 0) is 40.4 Å². The normalized spacial score (nSPS) is 13.5. The minimum atomic E-state index is -0.658. The maximum absolute atomic E-state index is 10.8. The number of aliphatic hydroxyl groups excluding tert-OH is 1. The highest BCUT2D eigenvalue weighted by molar-refractivity contribution is 9.10. The van der Waals surface area contributed by atoms with E-state index in [1.54, 1.807) is 6.26 Å². The van der Waals surface area contributed by atoms with Gasteiger partial charge in [-0.15, -0.1) is 0 Å². The summed E-state index contributed by atoms with van der Waals surface area (Å²) in [5.74, 6) is 0.604. The summed E-state index contributed by atoms with van der Waals surface area (Å²) in [6.07, 6.45) is 2.64. The molecule has 0 aliphatic heterocycles. The SMILES string of the molecule is CCC(CC)(c1ccccc1)C(O)c1occc1Br. The Balaban J connectivity index is 2.48. The van der Waals surface area contributed by atoms with Crippen LogP contribution < -0.4 is 0 Å². The third-order valence-electron chi connectivity index (χ3n) is 4.03. The molecule has 2 nitrogen and oxygen atoms in total. The quantitative estimate of drug-likeness (QED) is 0.855. The highest BCUT2D eigenvalue weighted by Crippen LogP contribution is 2.44. The molecule has 2 aromatic rings. The van der Waals surface area contributed by atoms with Crippen LogP contribution in [0.2, 0.25) is 0 Å². The van der Waals surface area contributed by atoms with Crippen LogP contribution in [-0.4, -0.2) is 5.11 Å². The lowest BCUT2D eigenvalue weighted by molar-refractivity contribution is 0.0526. The maximum atomic E-state index is 10.8. The number of aliphatic hydroxyl groups is 1. The van der Waals surface area contributed by atoms with Gasteiger partial charge >= 0.3 is 0 Å². The average molecular weight is 323 g/mol. The van der Waals surface area contributed by atoms with Crippen LogP contribution in [0.25, 0.3) is 0 Å². The molecule has 1 atom stereocenters. The summed E-state index contributed by atoms with van der Waals surface area (Å²) in [7, 11) is 0. The Morgan fingerprint density at radius 3 is 2.26 bits per heavy atom. The summed E-state index contributed by atoms with van der Waals surface area (Å²) in [4.78, 5) is 0. The first kappa shape index (κ1) is 14.4. The number of furan rings is 1. The fourth-order valence-electron chi connectivity index (χ4n) is 2.72. The monoisotopic (exact) mass is 322 g/mol. The van der Waals surface area contributed by atoms with E-state index in [-0.39, 0.29) is 5.41 Å². The van der Waals surface area contributed by atoms with E-state index in [4.69, 9.17) is 4.42 Å². The van der Waals surface area contributed by atoms with Crippen LogP contribution in [0.5, 0.6) is 0 Å². The van der Waals surface area contributed by atoms with E-state index in [9.17, 15) is 5.11 Å². The number of rotatable bonds is 5. The Kier molecular flexibility index (Phi) is 4.48. The van der Waals surface area contributed by atoms with Gasteiger partial charge in [-0.1, -0.05) is 44.2 Å². The summed E-state index contributed by atoms with van der Waals surface area (Å²) in [5, 5.41) is 10.8. The molecular weight excluding hydrogens is 304 g/mol. The molecule has 0 spiro atoms. The van der Waals surface area contributed by atoms with Crippen LogP contribution in [0.15, 0.2) is 51.6 Å². The standard InChI is InChI=1S/C16H19BrO2/c1-3-16(4-2,12-8-6-5-7-9-12)15(18)14-13(17)10-11-19-14/h5-11,15,18H,3-4H2,1-2H3. The van der Waals surface area contributed by atoms with E-state index in [1.165, 1.54) is 0 Å². The highest BCUT2D eigenvalue weighted by Gasteiger charge is 2.39. The maximum Gasteiger partial charge on any atom is 0.147 e. The van der Waals surface area contributed by atoms with Gasteiger partial charge in [-0.2, -0.15) is 0 Å². The van der Waals surface area contributed by atoms with Crippen molar-refractivity contribution in [1.82, 2.24) is 0 Å². The Bertz CT molecular complexity index is 515. The van der Waals surface area contributed by atoms with E-state index in [0.29, 0.717) is 5.76 Å². The van der Waals surface area contributed by atoms with Gasteiger partial charge < -0.3 is 9.52 Å². The second kappa shape index (κ2) is 5.93. The Hall–Kier alpha value is -1.06. The van der Waals surface area contributed by atoms with Crippen molar-refractivity contribution < 1.29 is 9.52 Å². The zero-order valence-electron chi connectivity index (χ0n) is 11.3. The van der Waals surface area contributed by atoms with Crippen molar-refractivity contribution in [2.75, 3.05) is 0 Å². The molecule has 0 amide bonds. The topological polar surface area (TPSA) is 33.4 Å². The summed E-state index contributed by atoms with van der Waals surface area (Å²) >= 11 is 3.44. The van der Waals surface area contributed by atoms with Gasteiger partial charge in [-0.3, -0.25) is 0 Å². The van der Waals surface area contributed by atoms with Crippen molar-refractivity contribution in [3.63, 3.8) is 0 Å². The molecule has 0 aliphatic rings. The molecule has 0 bridgehead atoms. The van der Waals surface area contributed by atoms with Gasteiger partial charge in [0.25, 0.3) is 0 Å². The number of hydrogen-bond acceptors (Lipinski definition) is 2. The van der Waals surface area contributed by atoms with Crippen LogP contribution in [0, 0.1) is 0 Å². The first-order valence-corrected chi connectivity index (χ1v) is 7.41. The first-order valence-electron chi connectivity index (χ1n) is 6.62. The van der Waals surface area contributed by atoms with E-state index in [1.807, 2.05) is 24.3 Å². The largest absolute Gasteiger partial charge is 0.465 e. The van der Waals surface area contributed by atoms with E-state index in [0.717, 1.165) is 22.9 Å². The van der Waals surface area contributed by atoms with Crippen LogP contribution in [0.1, 0.15) is 44.1 Å². The van der Waals surface area contributed by atoms with E-state index in [2.05, 4.69) is 41.9 Å². The first-order chi connectivity index (χ1) is 9.15.